The molecule has 1 N–H and O–H groups in total. The zero-order valence-corrected chi connectivity index (χ0v) is 22.6. The van der Waals surface area contributed by atoms with Gasteiger partial charge in [-0.15, -0.1) is 0 Å². The van der Waals surface area contributed by atoms with Crippen LogP contribution in [0.3, 0.4) is 0 Å². The lowest BCUT2D eigenvalue weighted by Crippen LogP contribution is -2.29. The van der Waals surface area contributed by atoms with Gasteiger partial charge in [-0.05, 0) is 42.8 Å². The number of anilines is 1. The molecule has 9 nitrogen and oxygen atoms in total. The van der Waals surface area contributed by atoms with Gasteiger partial charge in [0.15, 0.2) is 16.6 Å². The molecule has 0 saturated carbocycles. The number of aliphatic hydroxyl groups excluding tert-OH is 1. The SMILES string of the molecule is CCOc1ccc2nc(N3C(=O)C(=O)/C(=C(/O)c4ccccc4)[C@@H]3c3cc(OC)c(OC)c(OC)c3)sc2c1. The first-order valence-corrected chi connectivity index (χ1v) is 12.9. The van der Waals surface area contributed by atoms with Gasteiger partial charge in [0.2, 0.25) is 5.75 Å². The number of thiazole rings is 1. The van der Waals surface area contributed by atoms with Crippen molar-refractivity contribution in [1.29, 1.82) is 0 Å². The number of Topliss-reactive ketones (excluding diaryl/α,β-unsaturated/α-hetero) is 1. The van der Waals surface area contributed by atoms with Crippen LogP contribution in [-0.2, 0) is 9.59 Å². The van der Waals surface area contributed by atoms with Crippen LogP contribution in [0, 0.1) is 0 Å². The van der Waals surface area contributed by atoms with Gasteiger partial charge in [-0.25, -0.2) is 4.98 Å². The number of hydrogen-bond acceptors (Lipinski definition) is 9. The number of aromatic nitrogens is 1. The van der Waals surface area contributed by atoms with E-state index < -0.39 is 17.7 Å². The number of nitrogens with zero attached hydrogens (tertiary/aromatic N) is 2. The minimum Gasteiger partial charge on any atom is -0.507 e. The number of benzene rings is 3. The first-order valence-electron chi connectivity index (χ1n) is 12.1. The number of ether oxygens (including phenoxy) is 4. The molecule has 0 aliphatic carbocycles. The molecule has 5 rings (SSSR count). The van der Waals surface area contributed by atoms with Crippen LogP contribution in [-0.4, -0.2) is 49.7 Å². The van der Waals surface area contributed by atoms with Crippen LogP contribution >= 0.6 is 11.3 Å². The summed E-state index contributed by atoms with van der Waals surface area (Å²) in [6.45, 7) is 2.40. The van der Waals surface area contributed by atoms with Gasteiger partial charge in [0.05, 0.1) is 49.8 Å². The summed E-state index contributed by atoms with van der Waals surface area (Å²) in [6.07, 6.45) is 0. The third-order valence-corrected chi connectivity index (χ3v) is 7.38. The van der Waals surface area contributed by atoms with E-state index in [-0.39, 0.29) is 11.3 Å². The van der Waals surface area contributed by atoms with Crippen LogP contribution in [0.15, 0.2) is 66.2 Å². The van der Waals surface area contributed by atoms with Gasteiger partial charge in [0.1, 0.15) is 11.5 Å². The number of fused-ring (bicyclic) bond motifs is 1. The van der Waals surface area contributed by atoms with E-state index in [0.717, 1.165) is 4.70 Å². The number of hydrogen-bond donors (Lipinski definition) is 1. The van der Waals surface area contributed by atoms with Crippen LogP contribution in [0.4, 0.5) is 5.13 Å². The Hall–Kier alpha value is -4.57. The van der Waals surface area contributed by atoms with Gasteiger partial charge < -0.3 is 24.1 Å². The summed E-state index contributed by atoms with van der Waals surface area (Å²) in [5, 5.41) is 11.7. The van der Waals surface area contributed by atoms with Crippen molar-refractivity contribution in [1.82, 2.24) is 4.98 Å². The largest absolute Gasteiger partial charge is 0.507 e. The molecule has 1 aromatic heterocycles. The highest BCUT2D eigenvalue weighted by Gasteiger charge is 2.48. The predicted molar refractivity (Wildman–Crippen MR) is 148 cm³/mol. The van der Waals surface area contributed by atoms with Gasteiger partial charge in [-0.1, -0.05) is 41.7 Å². The molecule has 1 fully saturated rings. The molecule has 0 unspecified atom stereocenters. The van der Waals surface area contributed by atoms with Crippen molar-refractivity contribution in [2.45, 2.75) is 13.0 Å². The van der Waals surface area contributed by atoms with E-state index in [1.807, 2.05) is 13.0 Å². The topological polar surface area (TPSA) is 107 Å². The van der Waals surface area contributed by atoms with Crippen molar-refractivity contribution in [2.24, 2.45) is 0 Å². The van der Waals surface area contributed by atoms with Gasteiger partial charge in [-0.2, -0.15) is 0 Å². The number of methoxy groups -OCH3 is 3. The molecule has 1 aliphatic heterocycles. The van der Waals surface area contributed by atoms with Gasteiger partial charge in [0.25, 0.3) is 5.78 Å². The summed E-state index contributed by atoms with van der Waals surface area (Å²) in [4.78, 5) is 33.1. The Bertz CT molecular complexity index is 1570. The standard InChI is InChI=1S/C29H26N2O7S/c1-5-38-18-11-12-19-22(15-18)39-29(30-19)31-24(17-13-20(35-2)27(37-4)21(14-17)36-3)23(26(33)28(31)34)25(32)16-9-7-6-8-10-16/h6-15,24,32H,5H2,1-4H3/b25-23+/t24-/m0/s1. The second-order valence-electron chi connectivity index (χ2n) is 8.55. The Labute approximate surface area is 228 Å². The molecule has 39 heavy (non-hydrogen) atoms. The van der Waals surface area contributed by atoms with E-state index in [2.05, 4.69) is 4.98 Å². The van der Waals surface area contributed by atoms with Crippen molar-refractivity contribution in [3.8, 4) is 23.0 Å². The Morgan fingerprint density at radius 3 is 2.28 bits per heavy atom. The first-order chi connectivity index (χ1) is 18.9. The Morgan fingerprint density at radius 2 is 1.67 bits per heavy atom. The van der Waals surface area contributed by atoms with E-state index in [0.29, 0.717) is 51.4 Å². The average molecular weight is 547 g/mol. The fraction of sp³-hybridized carbons (Fsp3) is 0.207. The molecule has 1 saturated heterocycles. The van der Waals surface area contributed by atoms with E-state index in [9.17, 15) is 14.7 Å². The third kappa shape index (κ3) is 4.52. The maximum Gasteiger partial charge on any atom is 0.301 e. The molecule has 1 aliphatic rings. The van der Waals surface area contributed by atoms with Crippen molar-refractivity contribution < 1.29 is 33.6 Å². The van der Waals surface area contributed by atoms with E-state index in [4.69, 9.17) is 18.9 Å². The maximum atomic E-state index is 13.6. The molecule has 1 atom stereocenters. The third-order valence-electron chi connectivity index (χ3n) is 6.36. The van der Waals surface area contributed by atoms with Crippen molar-refractivity contribution >= 4 is 44.1 Å². The molecule has 200 valence electrons. The summed E-state index contributed by atoms with van der Waals surface area (Å²) in [7, 11) is 4.44. The molecular formula is C29H26N2O7S. The highest BCUT2D eigenvalue weighted by Crippen LogP contribution is 2.48. The lowest BCUT2D eigenvalue weighted by Gasteiger charge is -2.24. The molecule has 1 amide bonds. The average Bonchev–Trinajstić information content (AvgIpc) is 3.49. The minimum absolute atomic E-state index is 0.0743. The van der Waals surface area contributed by atoms with Crippen LogP contribution < -0.4 is 23.8 Å². The zero-order chi connectivity index (χ0) is 27.7. The van der Waals surface area contributed by atoms with Crippen LogP contribution in [0.2, 0.25) is 0 Å². The second-order valence-corrected chi connectivity index (χ2v) is 9.56. The molecule has 3 aromatic carbocycles. The molecular weight excluding hydrogens is 520 g/mol. The van der Waals surface area contributed by atoms with Gasteiger partial charge in [-0.3, -0.25) is 14.5 Å². The number of rotatable bonds is 8. The van der Waals surface area contributed by atoms with Crippen molar-refractivity contribution in [3.05, 3.63) is 77.4 Å². The summed E-state index contributed by atoms with van der Waals surface area (Å²) in [6, 6.07) is 16.3. The Morgan fingerprint density at radius 1 is 0.974 bits per heavy atom. The normalized spacial score (nSPS) is 16.5. The smallest absolute Gasteiger partial charge is 0.301 e. The lowest BCUT2D eigenvalue weighted by molar-refractivity contribution is -0.132. The van der Waals surface area contributed by atoms with Gasteiger partial charge >= 0.3 is 5.91 Å². The monoisotopic (exact) mass is 546 g/mol. The highest BCUT2D eigenvalue weighted by molar-refractivity contribution is 7.22. The highest BCUT2D eigenvalue weighted by atomic mass is 32.1. The molecule has 10 heteroatoms. The molecule has 4 aromatic rings. The van der Waals surface area contributed by atoms with Crippen molar-refractivity contribution in [3.63, 3.8) is 0 Å². The quantitative estimate of drug-likeness (QED) is 0.179. The number of ketones is 1. The summed E-state index contributed by atoms with van der Waals surface area (Å²) < 4.78 is 22.9. The van der Waals surface area contributed by atoms with E-state index in [1.54, 1.807) is 54.6 Å². The Balaban J connectivity index is 1.75. The second kappa shape index (κ2) is 10.7. The van der Waals surface area contributed by atoms with Crippen LogP contribution in [0.25, 0.3) is 16.0 Å². The summed E-state index contributed by atoms with van der Waals surface area (Å²) in [5.41, 5.74) is 1.44. The van der Waals surface area contributed by atoms with Crippen molar-refractivity contribution in [2.75, 3.05) is 32.8 Å². The minimum atomic E-state index is -1.02. The predicted octanol–water partition coefficient (Wildman–Crippen LogP) is 5.35. The molecule has 0 spiro atoms. The zero-order valence-electron chi connectivity index (χ0n) is 21.8. The molecule has 0 radical (unpaired) electrons. The lowest BCUT2D eigenvalue weighted by atomic mass is 9.95. The van der Waals surface area contributed by atoms with E-state index in [1.165, 1.54) is 37.6 Å². The molecule has 2 heterocycles. The van der Waals surface area contributed by atoms with Gasteiger partial charge in [0, 0.05) is 5.56 Å². The van der Waals surface area contributed by atoms with Crippen LogP contribution in [0.1, 0.15) is 24.1 Å². The number of aliphatic hydroxyl groups is 1. The maximum absolute atomic E-state index is 13.6. The number of carbonyl (C=O) groups excluding carboxylic acids is 2. The molecule has 0 bridgehead atoms. The van der Waals surface area contributed by atoms with E-state index >= 15 is 0 Å². The van der Waals surface area contributed by atoms with Crippen LogP contribution in [0.5, 0.6) is 23.0 Å². The number of carbonyl (C=O) groups is 2. The Kier molecular flexibility index (Phi) is 7.12. The summed E-state index contributed by atoms with van der Waals surface area (Å²) >= 11 is 1.25. The summed E-state index contributed by atoms with van der Waals surface area (Å²) in [5.74, 6) is -0.236. The number of amides is 1. The first kappa shape index (κ1) is 26.1. The fourth-order valence-electron chi connectivity index (χ4n) is 4.61. The fourth-order valence-corrected chi connectivity index (χ4v) is 5.63.